The van der Waals surface area contributed by atoms with Gasteiger partial charge in [0.15, 0.2) is 0 Å². The molecule has 0 bridgehead atoms. The van der Waals surface area contributed by atoms with E-state index in [4.69, 9.17) is 10.2 Å². The molecule has 0 aliphatic carbocycles. The summed E-state index contributed by atoms with van der Waals surface area (Å²) in [6, 6.07) is 9.11. The number of thiophene rings is 1. The van der Waals surface area contributed by atoms with E-state index in [1.54, 1.807) is 35.7 Å². The number of anilines is 1. The van der Waals surface area contributed by atoms with Crippen LogP contribution in [0.5, 0.6) is 0 Å². The highest BCUT2D eigenvalue weighted by Crippen LogP contribution is 2.33. The second-order valence-corrected chi connectivity index (χ2v) is 9.43. The number of nitrogens with zero attached hydrogens (tertiary/aromatic N) is 1. The van der Waals surface area contributed by atoms with Gasteiger partial charge in [0.25, 0.3) is 15.9 Å². The Morgan fingerprint density at radius 1 is 1.21 bits per heavy atom. The zero-order valence-electron chi connectivity index (χ0n) is 14.6. The molecule has 0 spiro atoms. The van der Waals surface area contributed by atoms with E-state index in [1.807, 2.05) is 0 Å². The number of benzene rings is 1. The van der Waals surface area contributed by atoms with Gasteiger partial charge in [-0.3, -0.25) is 9.59 Å². The predicted octanol–water partition coefficient (Wildman–Crippen LogP) is 2.39. The van der Waals surface area contributed by atoms with Crippen LogP contribution in [-0.4, -0.2) is 37.1 Å². The zero-order valence-corrected chi connectivity index (χ0v) is 16.3. The van der Waals surface area contributed by atoms with Crippen LogP contribution in [0, 0.1) is 0 Å². The normalized spacial score (nSPS) is 17.8. The summed E-state index contributed by atoms with van der Waals surface area (Å²) < 4.78 is 32.6. The van der Waals surface area contributed by atoms with Crippen molar-refractivity contribution in [2.24, 2.45) is 5.73 Å². The first-order valence-corrected chi connectivity index (χ1v) is 10.9. The monoisotopic (exact) mass is 419 g/mol. The van der Waals surface area contributed by atoms with Crippen LogP contribution in [0.2, 0.25) is 0 Å². The molecule has 0 saturated carbocycles. The molecule has 1 atom stereocenters. The van der Waals surface area contributed by atoms with E-state index < -0.39 is 27.9 Å². The molecule has 1 saturated heterocycles. The minimum atomic E-state index is -3.76. The van der Waals surface area contributed by atoms with Crippen molar-refractivity contribution < 1.29 is 22.4 Å². The number of hydrogen-bond donors (Lipinski definition) is 2. The molecule has 1 aromatic carbocycles. The van der Waals surface area contributed by atoms with Crippen LogP contribution in [0.15, 0.2) is 50.4 Å². The average molecular weight is 419 g/mol. The standard InChI is InChI=1S/C18H17N3O5S2/c19-17(22)16-15(11-5-1-2-7-13(11)26-16)20-18(23)12-6-3-9-21(12)28(24,25)14-8-4-10-27-14/h1-2,4-5,7-8,10,12H,3,6,9H2,(H2,19,22)(H,20,23)/t12-/m0/s1. The van der Waals surface area contributed by atoms with Crippen molar-refractivity contribution in [2.45, 2.75) is 23.1 Å². The lowest BCUT2D eigenvalue weighted by Gasteiger charge is -2.22. The number of rotatable bonds is 5. The first-order valence-electron chi connectivity index (χ1n) is 8.57. The van der Waals surface area contributed by atoms with Crippen LogP contribution < -0.4 is 11.1 Å². The molecule has 3 N–H and O–H groups in total. The van der Waals surface area contributed by atoms with Gasteiger partial charge in [0, 0.05) is 11.9 Å². The molecule has 2 aromatic heterocycles. The Kier molecular flexibility index (Phi) is 4.69. The maximum Gasteiger partial charge on any atom is 0.286 e. The van der Waals surface area contributed by atoms with E-state index in [0.717, 1.165) is 11.3 Å². The largest absolute Gasteiger partial charge is 0.449 e. The number of primary amides is 1. The number of sulfonamides is 1. The molecule has 8 nitrogen and oxygen atoms in total. The Morgan fingerprint density at radius 3 is 2.71 bits per heavy atom. The highest BCUT2D eigenvalue weighted by molar-refractivity contribution is 7.91. The maximum atomic E-state index is 13.0. The van der Waals surface area contributed by atoms with Crippen molar-refractivity contribution in [3.05, 3.63) is 47.5 Å². The van der Waals surface area contributed by atoms with Crippen molar-refractivity contribution in [1.82, 2.24) is 4.31 Å². The smallest absolute Gasteiger partial charge is 0.286 e. The second-order valence-electron chi connectivity index (χ2n) is 6.36. The van der Waals surface area contributed by atoms with Crippen LogP contribution in [0.3, 0.4) is 0 Å². The van der Waals surface area contributed by atoms with E-state index >= 15 is 0 Å². The summed E-state index contributed by atoms with van der Waals surface area (Å²) >= 11 is 1.11. The summed E-state index contributed by atoms with van der Waals surface area (Å²) in [5.41, 5.74) is 5.94. The fourth-order valence-electron chi connectivity index (χ4n) is 3.37. The summed E-state index contributed by atoms with van der Waals surface area (Å²) in [5, 5.41) is 4.87. The number of furan rings is 1. The summed E-state index contributed by atoms with van der Waals surface area (Å²) in [6.07, 6.45) is 0.954. The van der Waals surface area contributed by atoms with Crippen LogP contribution in [-0.2, 0) is 14.8 Å². The SMILES string of the molecule is NC(=O)c1oc2ccccc2c1NC(=O)[C@@H]1CCCN1S(=O)(=O)c1cccs1. The number of para-hydroxylation sites is 1. The maximum absolute atomic E-state index is 13.0. The van der Waals surface area contributed by atoms with Crippen molar-refractivity contribution in [1.29, 1.82) is 0 Å². The molecule has 0 unspecified atom stereocenters. The van der Waals surface area contributed by atoms with Crippen LogP contribution in [0.1, 0.15) is 23.4 Å². The molecule has 10 heteroatoms. The van der Waals surface area contributed by atoms with E-state index in [0.29, 0.717) is 23.8 Å². The highest BCUT2D eigenvalue weighted by atomic mass is 32.2. The molecule has 1 aliphatic rings. The van der Waals surface area contributed by atoms with Gasteiger partial charge in [-0.25, -0.2) is 8.42 Å². The van der Waals surface area contributed by atoms with Gasteiger partial charge in [0.05, 0.1) is 0 Å². The lowest BCUT2D eigenvalue weighted by Crippen LogP contribution is -2.43. The lowest BCUT2D eigenvalue weighted by molar-refractivity contribution is -0.119. The number of fused-ring (bicyclic) bond motifs is 1. The number of carbonyl (C=O) groups excluding carboxylic acids is 2. The lowest BCUT2D eigenvalue weighted by atomic mass is 10.2. The molecule has 2 amide bonds. The van der Waals surface area contributed by atoms with E-state index in [-0.39, 0.29) is 22.2 Å². The second kappa shape index (κ2) is 7.04. The van der Waals surface area contributed by atoms with Crippen molar-refractivity contribution in [3.63, 3.8) is 0 Å². The van der Waals surface area contributed by atoms with Crippen molar-refractivity contribution in [2.75, 3.05) is 11.9 Å². The number of hydrogen-bond acceptors (Lipinski definition) is 6. The molecule has 0 radical (unpaired) electrons. The fourth-order valence-corrected chi connectivity index (χ4v) is 6.14. The summed E-state index contributed by atoms with van der Waals surface area (Å²) in [7, 11) is -3.76. The van der Waals surface area contributed by atoms with Gasteiger partial charge in [-0.05, 0) is 36.4 Å². The van der Waals surface area contributed by atoms with Gasteiger partial charge in [0.1, 0.15) is 21.5 Å². The average Bonchev–Trinajstić information content (AvgIpc) is 3.41. The molecule has 1 aliphatic heterocycles. The molecular weight excluding hydrogens is 402 g/mol. The summed E-state index contributed by atoms with van der Waals surface area (Å²) in [6.45, 7) is 0.257. The Balaban J connectivity index is 1.66. The Labute approximate surface area is 165 Å². The topological polar surface area (TPSA) is 123 Å². The molecule has 3 heterocycles. The minimum Gasteiger partial charge on any atom is -0.449 e. The predicted molar refractivity (Wildman–Crippen MR) is 105 cm³/mol. The Hall–Kier alpha value is -2.69. The third kappa shape index (κ3) is 3.09. The van der Waals surface area contributed by atoms with Crippen molar-refractivity contribution in [3.8, 4) is 0 Å². The summed E-state index contributed by atoms with van der Waals surface area (Å²) in [5.74, 6) is -1.51. The molecule has 3 aromatic rings. The number of nitrogens with two attached hydrogens (primary N) is 1. The van der Waals surface area contributed by atoms with Crippen LogP contribution in [0.25, 0.3) is 11.0 Å². The van der Waals surface area contributed by atoms with E-state index in [9.17, 15) is 18.0 Å². The van der Waals surface area contributed by atoms with Gasteiger partial charge in [0.2, 0.25) is 11.7 Å². The molecule has 28 heavy (non-hydrogen) atoms. The number of nitrogens with one attached hydrogen (secondary N) is 1. The molecular formula is C18H17N3O5S2. The minimum absolute atomic E-state index is 0.161. The molecule has 146 valence electrons. The van der Waals surface area contributed by atoms with Crippen LogP contribution >= 0.6 is 11.3 Å². The van der Waals surface area contributed by atoms with Gasteiger partial charge >= 0.3 is 0 Å². The van der Waals surface area contributed by atoms with Crippen LogP contribution in [0.4, 0.5) is 5.69 Å². The first kappa shape index (κ1) is 18.7. The third-order valence-electron chi connectivity index (χ3n) is 4.63. The quantitative estimate of drug-likeness (QED) is 0.657. The molecule has 1 fully saturated rings. The first-order chi connectivity index (χ1) is 13.4. The Bertz CT molecular complexity index is 1150. The van der Waals surface area contributed by atoms with Gasteiger partial charge in [-0.1, -0.05) is 18.2 Å². The number of carbonyl (C=O) groups is 2. The van der Waals surface area contributed by atoms with E-state index in [1.165, 1.54) is 10.4 Å². The third-order valence-corrected chi connectivity index (χ3v) is 7.91. The highest BCUT2D eigenvalue weighted by Gasteiger charge is 2.40. The van der Waals surface area contributed by atoms with E-state index in [2.05, 4.69) is 5.32 Å². The summed E-state index contributed by atoms with van der Waals surface area (Å²) in [4.78, 5) is 24.7. The zero-order chi connectivity index (χ0) is 19.9. The van der Waals surface area contributed by atoms with Gasteiger partial charge < -0.3 is 15.5 Å². The number of amides is 2. The van der Waals surface area contributed by atoms with Gasteiger partial charge in [-0.2, -0.15) is 4.31 Å². The van der Waals surface area contributed by atoms with Gasteiger partial charge in [-0.15, -0.1) is 11.3 Å². The van der Waals surface area contributed by atoms with Crippen molar-refractivity contribution >= 4 is 49.8 Å². The molecule has 4 rings (SSSR count). The fraction of sp³-hybridized carbons (Fsp3) is 0.222. The Morgan fingerprint density at radius 2 is 2.00 bits per heavy atom.